The maximum absolute atomic E-state index is 12.1. The summed E-state index contributed by atoms with van der Waals surface area (Å²) < 4.78 is 21.2. The second-order valence-corrected chi connectivity index (χ2v) is 14.0. The van der Waals surface area contributed by atoms with Crippen LogP contribution in [0.4, 0.5) is 5.69 Å². The number of benzene rings is 1. The van der Waals surface area contributed by atoms with Crippen LogP contribution in [0.25, 0.3) is 0 Å². The zero-order valence-electron chi connectivity index (χ0n) is 14.7. The van der Waals surface area contributed by atoms with Gasteiger partial charge in [0.1, 0.15) is 6.26 Å². The largest absolute Gasteiger partial charge is 0.593 e. The molecule has 0 aliphatic rings. The van der Waals surface area contributed by atoms with Gasteiger partial charge in [-0.3, -0.25) is 0 Å². The predicted octanol–water partition coefficient (Wildman–Crippen LogP) is 4.88. The topological polar surface area (TPSA) is 35.5 Å². The van der Waals surface area contributed by atoms with E-state index in [0.717, 1.165) is 15.7 Å². The van der Waals surface area contributed by atoms with E-state index in [1.165, 1.54) is 0 Å². The third-order valence-electron chi connectivity index (χ3n) is 4.30. The van der Waals surface area contributed by atoms with Gasteiger partial charge in [-0.2, -0.15) is 4.31 Å². The summed E-state index contributed by atoms with van der Waals surface area (Å²) in [7, 11) is -1.76. The van der Waals surface area contributed by atoms with Gasteiger partial charge in [0.25, 0.3) is 0 Å². The summed E-state index contributed by atoms with van der Waals surface area (Å²) in [4.78, 5) is 0. The van der Waals surface area contributed by atoms with Crippen molar-refractivity contribution < 1.29 is 8.98 Å². The number of aryl methyl sites for hydroxylation is 1. The normalized spacial score (nSPS) is 14.0. The van der Waals surface area contributed by atoms with Gasteiger partial charge in [0, 0.05) is 4.47 Å². The lowest BCUT2D eigenvalue weighted by molar-refractivity contribution is 0.298. The Hall–Kier alpha value is -0.0131. The van der Waals surface area contributed by atoms with Crippen LogP contribution in [-0.4, -0.2) is 32.3 Å². The highest BCUT2D eigenvalue weighted by atomic mass is 79.9. The number of halogens is 1. The molecule has 22 heavy (non-hydrogen) atoms. The zero-order valence-corrected chi connectivity index (χ0v) is 18.1. The molecular formula is C16H28BrNO2SSi. The van der Waals surface area contributed by atoms with Gasteiger partial charge in [0.2, 0.25) is 0 Å². The van der Waals surface area contributed by atoms with E-state index in [-0.39, 0.29) is 5.04 Å². The summed E-state index contributed by atoms with van der Waals surface area (Å²) in [6.07, 6.45) is 1.71. The maximum Gasteiger partial charge on any atom is 0.192 e. The number of hydrogen-bond acceptors (Lipinski definition) is 3. The molecule has 0 saturated carbocycles. The molecule has 0 aromatic heterocycles. The summed E-state index contributed by atoms with van der Waals surface area (Å²) in [5.41, 5.74) is 2.11. The van der Waals surface area contributed by atoms with Crippen molar-refractivity contribution in [3.63, 3.8) is 0 Å². The first-order chi connectivity index (χ1) is 9.95. The highest BCUT2D eigenvalue weighted by Gasteiger charge is 2.37. The van der Waals surface area contributed by atoms with E-state index in [1.54, 1.807) is 6.26 Å². The van der Waals surface area contributed by atoms with Crippen molar-refractivity contribution >= 4 is 41.3 Å². The fourth-order valence-electron chi connectivity index (χ4n) is 1.79. The van der Waals surface area contributed by atoms with Gasteiger partial charge in [0.05, 0.1) is 30.2 Å². The van der Waals surface area contributed by atoms with Crippen molar-refractivity contribution in [1.29, 1.82) is 0 Å². The summed E-state index contributed by atoms with van der Waals surface area (Å²) in [5.74, 6) is 0. The average molecular weight is 406 g/mol. The first kappa shape index (κ1) is 20.0. The molecule has 0 bridgehead atoms. The Morgan fingerprint density at radius 3 is 2.36 bits per heavy atom. The lowest BCUT2D eigenvalue weighted by Crippen LogP contribution is -2.43. The highest BCUT2D eigenvalue weighted by Crippen LogP contribution is 2.36. The van der Waals surface area contributed by atoms with Crippen LogP contribution in [0.2, 0.25) is 18.1 Å². The first-order valence-electron chi connectivity index (χ1n) is 7.47. The fourth-order valence-corrected chi connectivity index (χ4v) is 3.81. The van der Waals surface area contributed by atoms with Crippen LogP contribution >= 0.6 is 15.9 Å². The second kappa shape index (κ2) is 7.70. The second-order valence-electron chi connectivity index (χ2n) is 7.07. The molecule has 0 heterocycles. The molecule has 1 aromatic rings. The smallest absolute Gasteiger partial charge is 0.192 e. The average Bonchev–Trinajstić information content (AvgIpc) is 2.36. The van der Waals surface area contributed by atoms with Gasteiger partial charge in [-0.1, -0.05) is 36.7 Å². The molecule has 1 aromatic carbocycles. The Morgan fingerprint density at radius 2 is 1.91 bits per heavy atom. The predicted molar refractivity (Wildman–Crippen MR) is 103 cm³/mol. The SMILES string of the molecule is Cc1cc(N(CCO[Si](C)(C)C(C)(C)C)[S+](C)[O-])ccc1Br. The molecule has 0 saturated heterocycles. The molecule has 1 rings (SSSR count). The molecule has 1 atom stereocenters. The van der Waals surface area contributed by atoms with Crippen LogP contribution in [0, 0.1) is 6.92 Å². The van der Waals surface area contributed by atoms with E-state index >= 15 is 0 Å². The minimum Gasteiger partial charge on any atom is -0.593 e. The molecule has 6 heteroatoms. The first-order valence-corrected chi connectivity index (χ1v) is 12.7. The molecule has 0 spiro atoms. The quantitative estimate of drug-likeness (QED) is 0.499. The standard InChI is InChI=1S/C16H28BrNO2SSi/c1-13-12-14(8-9-15(13)17)18(21(5)19)10-11-20-22(6,7)16(2,3)4/h8-9,12H,10-11H2,1-7H3. The van der Waals surface area contributed by atoms with Crippen LogP contribution in [0.3, 0.4) is 0 Å². The molecular weight excluding hydrogens is 378 g/mol. The molecule has 0 amide bonds. The lowest BCUT2D eigenvalue weighted by atomic mass is 10.2. The van der Waals surface area contributed by atoms with Crippen molar-refractivity contribution in [2.45, 2.75) is 45.8 Å². The van der Waals surface area contributed by atoms with Crippen molar-refractivity contribution in [3.8, 4) is 0 Å². The monoisotopic (exact) mass is 405 g/mol. The van der Waals surface area contributed by atoms with Crippen LogP contribution in [0.15, 0.2) is 22.7 Å². The van der Waals surface area contributed by atoms with E-state index < -0.39 is 19.7 Å². The fraction of sp³-hybridized carbons (Fsp3) is 0.625. The minimum atomic E-state index is -1.76. The molecule has 1 unspecified atom stereocenters. The minimum absolute atomic E-state index is 0.192. The maximum atomic E-state index is 12.1. The van der Waals surface area contributed by atoms with E-state index in [1.807, 2.05) is 23.4 Å². The summed E-state index contributed by atoms with van der Waals surface area (Å²) in [5, 5.41) is 0.192. The summed E-state index contributed by atoms with van der Waals surface area (Å²) in [6, 6.07) is 6.04. The molecule has 126 valence electrons. The molecule has 0 aliphatic heterocycles. The number of anilines is 1. The van der Waals surface area contributed by atoms with E-state index in [2.05, 4.69) is 55.9 Å². The third-order valence-corrected chi connectivity index (χ3v) is 10.7. The molecule has 0 radical (unpaired) electrons. The zero-order chi connectivity index (χ0) is 17.1. The molecule has 3 nitrogen and oxygen atoms in total. The Kier molecular flexibility index (Phi) is 7.02. The lowest BCUT2D eigenvalue weighted by Gasteiger charge is -2.36. The molecule has 0 fully saturated rings. The van der Waals surface area contributed by atoms with E-state index in [9.17, 15) is 4.55 Å². The van der Waals surface area contributed by atoms with Crippen molar-refractivity contribution in [2.24, 2.45) is 0 Å². The Bertz CT molecular complexity index is 503. The number of nitrogens with zero attached hydrogens (tertiary/aromatic N) is 1. The molecule has 0 N–H and O–H groups in total. The summed E-state index contributed by atoms with van der Waals surface area (Å²) >= 11 is 2.44. The van der Waals surface area contributed by atoms with Crippen molar-refractivity contribution in [2.75, 3.05) is 23.7 Å². The van der Waals surface area contributed by atoms with Crippen LogP contribution in [0.5, 0.6) is 0 Å². The number of hydrogen-bond donors (Lipinski definition) is 0. The van der Waals surface area contributed by atoms with Gasteiger partial charge in [-0.05, 0) is 48.8 Å². The molecule has 0 aliphatic carbocycles. The van der Waals surface area contributed by atoms with Crippen LogP contribution < -0.4 is 4.31 Å². The Balaban J connectivity index is 2.76. The van der Waals surface area contributed by atoms with Gasteiger partial charge >= 0.3 is 0 Å². The Morgan fingerprint density at radius 1 is 1.32 bits per heavy atom. The van der Waals surface area contributed by atoms with Crippen LogP contribution in [0.1, 0.15) is 26.3 Å². The van der Waals surface area contributed by atoms with Gasteiger partial charge in [0.15, 0.2) is 8.32 Å². The van der Waals surface area contributed by atoms with Crippen molar-refractivity contribution in [3.05, 3.63) is 28.2 Å². The summed E-state index contributed by atoms with van der Waals surface area (Å²) in [6.45, 7) is 14.4. The highest BCUT2D eigenvalue weighted by molar-refractivity contribution is 9.10. The van der Waals surface area contributed by atoms with Gasteiger partial charge < -0.3 is 8.98 Å². The number of rotatable bonds is 6. The van der Waals surface area contributed by atoms with Crippen LogP contribution in [-0.2, 0) is 15.8 Å². The Labute approximate surface area is 148 Å². The third kappa shape index (κ3) is 5.27. The van der Waals surface area contributed by atoms with E-state index in [4.69, 9.17) is 4.43 Å². The van der Waals surface area contributed by atoms with E-state index in [0.29, 0.717) is 13.2 Å². The van der Waals surface area contributed by atoms with Gasteiger partial charge in [-0.15, -0.1) is 0 Å². The van der Waals surface area contributed by atoms with Gasteiger partial charge in [-0.25, -0.2) is 0 Å². The van der Waals surface area contributed by atoms with Crippen molar-refractivity contribution in [1.82, 2.24) is 0 Å².